The van der Waals surface area contributed by atoms with Gasteiger partial charge in [-0.3, -0.25) is 9.59 Å². The lowest BCUT2D eigenvalue weighted by molar-refractivity contribution is -0.134. The fourth-order valence-electron chi connectivity index (χ4n) is 3.57. The Balaban J connectivity index is 1.58. The van der Waals surface area contributed by atoms with Gasteiger partial charge in [-0.25, -0.2) is 4.79 Å². The smallest absolute Gasteiger partial charge is 0.408 e. The van der Waals surface area contributed by atoms with Crippen molar-refractivity contribution in [3.05, 3.63) is 60.2 Å². The third-order valence-corrected chi connectivity index (χ3v) is 5.25. The van der Waals surface area contributed by atoms with Crippen molar-refractivity contribution in [2.45, 2.75) is 39.0 Å². The van der Waals surface area contributed by atoms with Crippen LogP contribution in [0.2, 0.25) is 0 Å². The van der Waals surface area contributed by atoms with Gasteiger partial charge in [-0.1, -0.05) is 44.2 Å². The van der Waals surface area contributed by atoms with Crippen molar-refractivity contribution < 1.29 is 28.6 Å². The molecule has 0 aromatic heterocycles. The van der Waals surface area contributed by atoms with Crippen molar-refractivity contribution in [3.63, 3.8) is 0 Å². The van der Waals surface area contributed by atoms with Gasteiger partial charge in [-0.2, -0.15) is 0 Å². The van der Waals surface area contributed by atoms with Crippen LogP contribution >= 0.6 is 0 Å². The van der Waals surface area contributed by atoms with E-state index in [9.17, 15) is 14.4 Å². The monoisotopic (exact) mass is 454 g/mol. The second kappa shape index (κ2) is 11.4. The van der Waals surface area contributed by atoms with E-state index in [0.29, 0.717) is 17.9 Å². The van der Waals surface area contributed by atoms with E-state index >= 15 is 0 Å². The molecule has 2 amide bonds. The third-order valence-electron chi connectivity index (χ3n) is 5.25. The number of nitrogens with one attached hydrogen (secondary N) is 1. The van der Waals surface area contributed by atoms with Gasteiger partial charge in [-0.05, 0) is 42.2 Å². The number of ketones is 1. The van der Waals surface area contributed by atoms with Crippen molar-refractivity contribution in [2.75, 3.05) is 20.2 Å². The lowest BCUT2D eigenvalue weighted by Crippen LogP contribution is -2.49. The Hall–Kier alpha value is -3.55. The number of hydrogen-bond donors (Lipinski definition) is 1. The number of ether oxygens (including phenoxy) is 3. The molecule has 1 N–H and O–H groups in total. The second-order valence-electron chi connectivity index (χ2n) is 8.36. The number of hydrogen-bond acceptors (Lipinski definition) is 6. The number of rotatable bonds is 9. The van der Waals surface area contributed by atoms with E-state index < -0.39 is 18.2 Å². The van der Waals surface area contributed by atoms with Crippen LogP contribution < -0.4 is 14.8 Å². The fraction of sp³-hybridized carbons (Fsp3) is 0.400. The van der Waals surface area contributed by atoms with Gasteiger partial charge in [0.15, 0.2) is 11.9 Å². The molecule has 0 bridgehead atoms. The van der Waals surface area contributed by atoms with Gasteiger partial charge in [-0.15, -0.1) is 0 Å². The zero-order valence-electron chi connectivity index (χ0n) is 19.2. The summed E-state index contributed by atoms with van der Waals surface area (Å²) in [5.41, 5.74) is 0.850. The molecule has 2 atom stereocenters. The topological polar surface area (TPSA) is 94.2 Å². The number of benzene rings is 2. The quantitative estimate of drug-likeness (QED) is 0.625. The summed E-state index contributed by atoms with van der Waals surface area (Å²) < 4.78 is 16.2. The number of carbonyl (C=O) groups is 3. The first kappa shape index (κ1) is 24.1. The van der Waals surface area contributed by atoms with Crippen LogP contribution in [0.15, 0.2) is 54.6 Å². The molecule has 3 rings (SSSR count). The maximum absolute atomic E-state index is 13.1. The molecule has 1 aliphatic rings. The number of alkyl carbamates (subject to hydrolysis) is 1. The minimum Gasteiger partial charge on any atom is -0.497 e. The highest BCUT2D eigenvalue weighted by Gasteiger charge is 2.38. The SMILES string of the molecule is COc1ccc(OC2CN(C(=O)[C@H](CC(C)C)NC(=O)OCc3ccccc3)CC2=O)cc1. The molecule has 1 heterocycles. The predicted octanol–water partition coefficient (Wildman–Crippen LogP) is 3.20. The maximum atomic E-state index is 13.1. The van der Waals surface area contributed by atoms with E-state index in [1.54, 1.807) is 31.4 Å². The first-order valence-corrected chi connectivity index (χ1v) is 10.9. The molecule has 1 fully saturated rings. The first-order chi connectivity index (χ1) is 15.9. The van der Waals surface area contributed by atoms with Crippen molar-refractivity contribution in [2.24, 2.45) is 5.92 Å². The summed E-state index contributed by atoms with van der Waals surface area (Å²) >= 11 is 0. The summed E-state index contributed by atoms with van der Waals surface area (Å²) in [6.45, 7) is 4.09. The number of methoxy groups -OCH3 is 1. The summed E-state index contributed by atoms with van der Waals surface area (Å²) in [7, 11) is 1.57. The Morgan fingerprint density at radius 3 is 2.36 bits per heavy atom. The molecular weight excluding hydrogens is 424 g/mol. The normalized spacial score (nSPS) is 16.4. The Bertz CT molecular complexity index is 945. The van der Waals surface area contributed by atoms with Crippen LogP contribution in [0.5, 0.6) is 11.5 Å². The molecule has 1 saturated heterocycles. The van der Waals surface area contributed by atoms with E-state index in [-0.39, 0.29) is 37.3 Å². The highest BCUT2D eigenvalue weighted by molar-refractivity contribution is 5.95. The van der Waals surface area contributed by atoms with Gasteiger partial charge in [0.1, 0.15) is 24.1 Å². The van der Waals surface area contributed by atoms with Crippen LogP contribution in [0.3, 0.4) is 0 Å². The summed E-state index contributed by atoms with van der Waals surface area (Å²) in [6, 6.07) is 15.4. The average Bonchev–Trinajstić information content (AvgIpc) is 3.17. The number of likely N-dealkylation sites (tertiary alicyclic amines) is 1. The van der Waals surface area contributed by atoms with E-state index in [1.807, 2.05) is 44.2 Å². The minimum atomic E-state index is -0.791. The van der Waals surface area contributed by atoms with E-state index in [4.69, 9.17) is 14.2 Å². The Morgan fingerprint density at radius 2 is 1.73 bits per heavy atom. The number of Topliss-reactive ketones (excluding diaryl/α,β-unsaturated/α-hetero) is 1. The fourth-order valence-corrected chi connectivity index (χ4v) is 3.57. The van der Waals surface area contributed by atoms with Crippen LogP contribution in [0.4, 0.5) is 4.79 Å². The third kappa shape index (κ3) is 6.97. The van der Waals surface area contributed by atoms with Crippen molar-refractivity contribution in [1.82, 2.24) is 10.2 Å². The molecule has 0 radical (unpaired) electrons. The number of amides is 2. The van der Waals surface area contributed by atoms with Crippen molar-refractivity contribution >= 4 is 17.8 Å². The highest BCUT2D eigenvalue weighted by Crippen LogP contribution is 2.21. The van der Waals surface area contributed by atoms with E-state index in [0.717, 1.165) is 5.56 Å². The Morgan fingerprint density at radius 1 is 1.06 bits per heavy atom. The summed E-state index contributed by atoms with van der Waals surface area (Å²) in [4.78, 5) is 39.4. The van der Waals surface area contributed by atoms with E-state index in [2.05, 4.69) is 5.32 Å². The molecule has 0 spiro atoms. The summed E-state index contributed by atoms with van der Waals surface area (Å²) in [6.07, 6.45) is -1.00. The van der Waals surface area contributed by atoms with Gasteiger partial charge in [0, 0.05) is 0 Å². The zero-order valence-corrected chi connectivity index (χ0v) is 19.2. The van der Waals surface area contributed by atoms with E-state index in [1.165, 1.54) is 4.90 Å². The summed E-state index contributed by atoms with van der Waals surface area (Å²) in [5, 5.41) is 2.67. The molecule has 0 aliphatic carbocycles. The molecular formula is C25H30N2O6. The predicted molar refractivity (Wildman–Crippen MR) is 122 cm³/mol. The molecule has 1 unspecified atom stereocenters. The summed E-state index contributed by atoms with van der Waals surface area (Å²) in [5.74, 6) is 0.838. The molecule has 8 heteroatoms. The largest absolute Gasteiger partial charge is 0.497 e. The molecule has 2 aromatic carbocycles. The van der Waals surface area contributed by atoms with Crippen LogP contribution in [0.25, 0.3) is 0 Å². The first-order valence-electron chi connectivity index (χ1n) is 10.9. The lowest BCUT2D eigenvalue weighted by Gasteiger charge is -2.25. The molecule has 1 aliphatic heterocycles. The van der Waals surface area contributed by atoms with Gasteiger partial charge < -0.3 is 24.4 Å². The number of carbonyl (C=O) groups excluding carboxylic acids is 3. The standard InChI is InChI=1S/C25H30N2O6/c1-17(2)13-21(26-25(30)32-16-18-7-5-4-6-8-18)24(29)27-14-22(28)23(15-27)33-20-11-9-19(31-3)10-12-20/h4-12,17,21,23H,13-16H2,1-3H3,(H,26,30)/t21-,23?/m0/s1. The van der Waals surface area contributed by atoms with Crippen molar-refractivity contribution in [1.29, 1.82) is 0 Å². The Kier molecular flexibility index (Phi) is 8.29. The van der Waals surface area contributed by atoms with Crippen LogP contribution in [0.1, 0.15) is 25.8 Å². The molecule has 176 valence electrons. The minimum absolute atomic E-state index is 0.0605. The van der Waals surface area contributed by atoms with Crippen LogP contribution in [0, 0.1) is 5.92 Å². The van der Waals surface area contributed by atoms with Crippen LogP contribution in [-0.2, 0) is 20.9 Å². The average molecular weight is 455 g/mol. The number of nitrogens with zero attached hydrogens (tertiary/aromatic N) is 1. The van der Waals surface area contributed by atoms with Gasteiger partial charge in [0.2, 0.25) is 5.91 Å². The van der Waals surface area contributed by atoms with Gasteiger partial charge in [0.05, 0.1) is 20.2 Å². The maximum Gasteiger partial charge on any atom is 0.408 e. The lowest BCUT2D eigenvalue weighted by atomic mass is 10.0. The molecule has 2 aromatic rings. The zero-order chi connectivity index (χ0) is 23.8. The highest BCUT2D eigenvalue weighted by atomic mass is 16.5. The Labute approximate surface area is 193 Å². The van der Waals surface area contributed by atoms with Gasteiger partial charge in [0.25, 0.3) is 0 Å². The van der Waals surface area contributed by atoms with Crippen molar-refractivity contribution in [3.8, 4) is 11.5 Å². The molecule has 33 heavy (non-hydrogen) atoms. The van der Waals surface area contributed by atoms with Crippen LogP contribution in [-0.4, -0.2) is 55.0 Å². The van der Waals surface area contributed by atoms with Gasteiger partial charge >= 0.3 is 6.09 Å². The molecule has 8 nitrogen and oxygen atoms in total. The molecule has 0 saturated carbocycles. The second-order valence-corrected chi connectivity index (χ2v) is 8.36.